The molecule has 0 amide bonds. The largest absolute Gasteiger partial charge is 0.480 e. The van der Waals surface area contributed by atoms with Crippen LogP contribution in [0.2, 0.25) is 0 Å². The van der Waals surface area contributed by atoms with Crippen LogP contribution in [0.25, 0.3) is 0 Å². The average Bonchev–Trinajstić information content (AvgIpc) is 2.91. The second-order valence-electron chi connectivity index (χ2n) is 4.65. The van der Waals surface area contributed by atoms with Crippen molar-refractivity contribution in [3.8, 4) is 0 Å². The van der Waals surface area contributed by atoms with E-state index in [9.17, 15) is 19.4 Å². The van der Waals surface area contributed by atoms with Crippen molar-refractivity contribution in [3.05, 3.63) is 58.3 Å². The number of hydrogen-bond donors (Lipinski definition) is 3. The van der Waals surface area contributed by atoms with Crippen LogP contribution in [0.1, 0.15) is 10.4 Å². The first-order valence-corrected chi connectivity index (χ1v) is 9.07. The molecule has 1 aromatic carbocycles. The third kappa shape index (κ3) is 5.10. The standard InChI is InChI=1S/C14H16NO4PS/c16-14(17)13(9-12-7-4-8-21-12)15-20(18,19)10-11-5-2-1-3-6-11/h1-8,13H,9-10H2,(H,16,17)(H2,15,18,19). The minimum absolute atomic E-state index is 0.0952. The maximum Gasteiger partial charge on any atom is 0.321 e. The molecule has 1 aromatic heterocycles. The van der Waals surface area contributed by atoms with Crippen molar-refractivity contribution in [2.24, 2.45) is 0 Å². The fourth-order valence-corrected chi connectivity index (χ4v) is 4.18. The number of benzene rings is 1. The van der Waals surface area contributed by atoms with Gasteiger partial charge >= 0.3 is 5.97 Å². The molecule has 0 fully saturated rings. The summed E-state index contributed by atoms with van der Waals surface area (Å²) in [5.74, 6) is -1.13. The Hall–Kier alpha value is -1.46. The molecule has 0 bridgehead atoms. The molecule has 2 atom stereocenters. The van der Waals surface area contributed by atoms with Crippen molar-refractivity contribution in [2.45, 2.75) is 18.6 Å². The van der Waals surface area contributed by atoms with Crippen LogP contribution in [0, 0.1) is 0 Å². The zero-order valence-electron chi connectivity index (χ0n) is 11.2. The molecule has 112 valence electrons. The van der Waals surface area contributed by atoms with Crippen LogP contribution in [-0.4, -0.2) is 22.0 Å². The average molecular weight is 325 g/mol. The Kier molecular flexibility index (Phi) is 5.31. The number of thiophene rings is 1. The second kappa shape index (κ2) is 7.00. The van der Waals surface area contributed by atoms with Crippen molar-refractivity contribution < 1.29 is 19.4 Å². The van der Waals surface area contributed by atoms with Crippen LogP contribution in [-0.2, 0) is 21.9 Å². The molecule has 7 heteroatoms. The van der Waals surface area contributed by atoms with Crippen molar-refractivity contribution in [1.82, 2.24) is 5.09 Å². The molecule has 0 aliphatic carbocycles. The van der Waals surface area contributed by atoms with Crippen LogP contribution in [0.3, 0.4) is 0 Å². The van der Waals surface area contributed by atoms with E-state index in [2.05, 4.69) is 5.09 Å². The molecule has 2 rings (SSSR count). The van der Waals surface area contributed by atoms with Crippen LogP contribution in [0.4, 0.5) is 0 Å². The lowest BCUT2D eigenvalue weighted by atomic mass is 10.2. The quantitative estimate of drug-likeness (QED) is 0.681. The van der Waals surface area contributed by atoms with E-state index in [0.29, 0.717) is 5.56 Å². The van der Waals surface area contributed by atoms with Crippen LogP contribution in [0.15, 0.2) is 47.8 Å². The molecule has 0 spiro atoms. The van der Waals surface area contributed by atoms with Gasteiger partial charge in [-0.2, -0.15) is 0 Å². The van der Waals surface area contributed by atoms with Gasteiger partial charge in [0, 0.05) is 11.3 Å². The number of rotatable bonds is 7. The summed E-state index contributed by atoms with van der Waals surface area (Å²) in [6.07, 6.45) is 0.0917. The molecule has 3 N–H and O–H groups in total. The summed E-state index contributed by atoms with van der Waals surface area (Å²) in [5, 5.41) is 13.5. The zero-order valence-corrected chi connectivity index (χ0v) is 12.9. The van der Waals surface area contributed by atoms with Gasteiger partial charge in [0.1, 0.15) is 6.04 Å². The van der Waals surface area contributed by atoms with E-state index in [0.717, 1.165) is 4.88 Å². The molecular weight excluding hydrogens is 309 g/mol. The Balaban J connectivity index is 2.05. The highest BCUT2D eigenvalue weighted by molar-refractivity contribution is 7.55. The van der Waals surface area contributed by atoms with E-state index >= 15 is 0 Å². The van der Waals surface area contributed by atoms with Gasteiger partial charge in [-0.25, -0.2) is 5.09 Å². The van der Waals surface area contributed by atoms with Gasteiger partial charge in [-0.05, 0) is 17.0 Å². The Morgan fingerprint density at radius 2 is 1.95 bits per heavy atom. The van der Waals surface area contributed by atoms with Crippen molar-refractivity contribution in [2.75, 3.05) is 0 Å². The highest BCUT2D eigenvalue weighted by Crippen LogP contribution is 2.40. The van der Waals surface area contributed by atoms with Gasteiger partial charge < -0.3 is 10.00 Å². The number of hydrogen-bond acceptors (Lipinski definition) is 3. The summed E-state index contributed by atoms with van der Waals surface area (Å²) < 4.78 is 12.2. The third-order valence-electron chi connectivity index (χ3n) is 2.88. The van der Waals surface area contributed by atoms with Crippen LogP contribution >= 0.6 is 18.9 Å². The summed E-state index contributed by atoms with van der Waals surface area (Å²) in [6, 6.07) is 11.4. The molecular formula is C14H16NO4PS. The molecule has 2 unspecified atom stereocenters. The van der Waals surface area contributed by atoms with E-state index in [1.165, 1.54) is 11.3 Å². The molecule has 0 radical (unpaired) electrons. The normalized spacial score (nSPS) is 15.3. The van der Waals surface area contributed by atoms with Gasteiger partial charge in [0.25, 0.3) is 7.52 Å². The Bertz CT molecular complexity index is 630. The summed E-state index contributed by atoms with van der Waals surface area (Å²) in [7, 11) is -3.77. The minimum atomic E-state index is -3.77. The number of carboxylic acid groups (broad SMARTS) is 1. The molecule has 0 aliphatic rings. The fourth-order valence-electron chi connectivity index (χ4n) is 1.94. The molecule has 0 saturated heterocycles. The first-order valence-electron chi connectivity index (χ1n) is 6.35. The number of aliphatic carboxylic acids is 1. The molecule has 0 saturated carbocycles. The zero-order chi connectivity index (χ0) is 15.3. The molecule has 1 heterocycles. The summed E-state index contributed by atoms with van der Waals surface area (Å²) in [6.45, 7) is 0. The molecule has 21 heavy (non-hydrogen) atoms. The van der Waals surface area contributed by atoms with Crippen molar-refractivity contribution in [3.63, 3.8) is 0 Å². The fraction of sp³-hybridized carbons (Fsp3) is 0.214. The first-order chi connectivity index (χ1) is 9.96. The Morgan fingerprint density at radius 3 is 2.52 bits per heavy atom. The lowest BCUT2D eigenvalue weighted by Crippen LogP contribution is -2.36. The van der Waals surface area contributed by atoms with Crippen LogP contribution < -0.4 is 5.09 Å². The highest BCUT2D eigenvalue weighted by atomic mass is 32.1. The van der Waals surface area contributed by atoms with Gasteiger partial charge in [0.05, 0.1) is 6.16 Å². The van der Waals surface area contributed by atoms with E-state index in [-0.39, 0.29) is 12.6 Å². The van der Waals surface area contributed by atoms with Crippen molar-refractivity contribution >= 4 is 24.8 Å². The van der Waals surface area contributed by atoms with E-state index in [1.54, 1.807) is 24.3 Å². The predicted molar refractivity (Wildman–Crippen MR) is 82.6 cm³/mol. The van der Waals surface area contributed by atoms with Crippen LogP contribution in [0.5, 0.6) is 0 Å². The minimum Gasteiger partial charge on any atom is -0.480 e. The monoisotopic (exact) mass is 325 g/mol. The maximum absolute atomic E-state index is 12.2. The van der Waals surface area contributed by atoms with E-state index < -0.39 is 19.5 Å². The third-order valence-corrected chi connectivity index (χ3v) is 5.29. The number of carboxylic acids is 1. The number of nitrogens with one attached hydrogen (secondary N) is 1. The highest BCUT2D eigenvalue weighted by Gasteiger charge is 2.28. The SMILES string of the molecule is O=C(O)C(Cc1cccs1)NP(=O)(O)Cc1ccccc1. The second-order valence-corrected chi connectivity index (χ2v) is 7.66. The van der Waals surface area contributed by atoms with E-state index in [4.69, 9.17) is 0 Å². The molecule has 2 aromatic rings. The number of carbonyl (C=O) groups is 1. The molecule has 5 nitrogen and oxygen atoms in total. The van der Waals surface area contributed by atoms with Gasteiger partial charge in [0.15, 0.2) is 0 Å². The van der Waals surface area contributed by atoms with Gasteiger partial charge in [0.2, 0.25) is 0 Å². The Morgan fingerprint density at radius 1 is 1.24 bits per heavy atom. The smallest absolute Gasteiger partial charge is 0.321 e. The lowest BCUT2D eigenvalue weighted by molar-refractivity contribution is -0.139. The topological polar surface area (TPSA) is 86.6 Å². The van der Waals surface area contributed by atoms with Gasteiger partial charge in [-0.15, -0.1) is 11.3 Å². The maximum atomic E-state index is 12.2. The summed E-state index contributed by atoms with van der Waals surface area (Å²) in [4.78, 5) is 22.1. The summed E-state index contributed by atoms with van der Waals surface area (Å²) in [5.41, 5.74) is 0.691. The molecule has 0 aliphatic heterocycles. The first kappa shape index (κ1) is 15.9. The summed E-state index contributed by atoms with van der Waals surface area (Å²) >= 11 is 1.42. The van der Waals surface area contributed by atoms with Gasteiger partial charge in [-0.1, -0.05) is 36.4 Å². The van der Waals surface area contributed by atoms with Crippen molar-refractivity contribution in [1.29, 1.82) is 0 Å². The Labute approximate surface area is 126 Å². The predicted octanol–water partition coefficient (Wildman–Crippen LogP) is 2.72. The lowest BCUT2D eigenvalue weighted by Gasteiger charge is -2.19. The van der Waals surface area contributed by atoms with E-state index in [1.807, 2.05) is 23.6 Å². The van der Waals surface area contributed by atoms with Gasteiger partial charge in [-0.3, -0.25) is 9.36 Å².